The largest absolute Gasteiger partial charge is 0.297 e. The van der Waals surface area contributed by atoms with E-state index in [1.54, 1.807) is 10.3 Å². The number of hydrogen-bond acceptors (Lipinski definition) is 4. The van der Waals surface area contributed by atoms with Gasteiger partial charge in [-0.2, -0.15) is 0 Å². The average molecular weight is 399 g/mol. The van der Waals surface area contributed by atoms with E-state index in [0.717, 1.165) is 24.6 Å². The zero-order valence-electron chi connectivity index (χ0n) is 18.9. The van der Waals surface area contributed by atoms with Crippen molar-refractivity contribution in [2.75, 3.05) is 0 Å². The van der Waals surface area contributed by atoms with Crippen molar-refractivity contribution in [3.8, 4) is 0 Å². The third-order valence-corrected chi connectivity index (χ3v) is 9.11. The summed E-state index contributed by atoms with van der Waals surface area (Å²) in [6.45, 7) is 11.8. The SMILES string of the molecule is CCCC1(C)C2=CCC3(C)C(C(=O)Cn4nnnc4C)CCC3C2CCC1CC. The maximum Gasteiger partial charge on any atom is 0.158 e. The third-order valence-electron chi connectivity index (χ3n) is 9.11. The van der Waals surface area contributed by atoms with Crippen LogP contribution in [0.2, 0.25) is 0 Å². The lowest BCUT2D eigenvalue weighted by atomic mass is 9.50. The summed E-state index contributed by atoms with van der Waals surface area (Å²) in [5.41, 5.74) is 2.21. The van der Waals surface area contributed by atoms with Gasteiger partial charge in [0, 0.05) is 5.92 Å². The lowest BCUT2D eigenvalue weighted by Crippen LogP contribution is -2.47. The fourth-order valence-electron chi connectivity index (χ4n) is 7.57. The molecule has 0 aromatic carbocycles. The number of carbonyl (C=O) groups is 1. The first-order chi connectivity index (χ1) is 13.8. The molecule has 160 valence electrons. The Kier molecular flexibility index (Phi) is 5.45. The molecule has 5 nitrogen and oxygen atoms in total. The van der Waals surface area contributed by atoms with Gasteiger partial charge in [0.1, 0.15) is 12.4 Å². The van der Waals surface area contributed by atoms with Gasteiger partial charge in [-0.1, -0.05) is 52.2 Å². The molecule has 4 rings (SSSR count). The molecule has 1 heterocycles. The normalized spacial score (nSPS) is 39.0. The van der Waals surface area contributed by atoms with Gasteiger partial charge >= 0.3 is 0 Å². The van der Waals surface area contributed by atoms with Crippen LogP contribution in [-0.2, 0) is 11.3 Å². The van der Waals surface area contributed by atoms with Crippen LogP contribution in [0.5, 0.6) is 0 Å². The van der Waals surface area contributed by atoms with E-state index in [2.05, 4.69) is 49.3 Å². The number of tetrazole rings is 1. The van der Waals surface area contributed by atoms with Gasteiger partial charge < -0.3 is 0 Å². The van der Waals surface area contributed by atoms with Crippen molar-refractivity contribution in [1.82, 2.24) is 20.2 Å². The molecule has 3 aliphatic rings. The van der Waals surface area contributed by atoms with Crippen LogP contribution < -0.4 is 0 Å². The minimum atomic E-state index is 0.0966. The molecule has 5 heteroatoms. The first-order valence-electron chi connectivity index (χ1n) is 11.8. The topological polar surface area (TPSA) is 60.7 Å². The van der Waals surface area contributed by atoms with Gasteiger partial charge in [-0.05, 0) is 84.5 Å². The monoisotopic (exact) mass is 398 g/mol. The Morgan fingerprint density at radius 2 is 2.00 bits per heavy atom. The predicted octanol–water partition coefficient (Wildman–Crippen LogP) is 5.16. The second kappa shape index (κ2) is 7.63. The molecule has 0 aliphatic heterocycles. The van der Waals surface area contributed by atoms with Crippen molar-refractivity contribution in [1.29, 1.82) is 0 Å². The molecule has 0 amide bonds. The van der Waals surface area contributed by atoms with Crippen LogP contribution in [-0.4, -0.2) is 26.0 Å². The van der Waals surface area contributed by atoms with E-state index in [1.807, 2.05) is 6.92 Å². The highest BCUT2D eigenvalue weighted by Crippen LogP contribution is 2.64. The molecule has 29 heavy (non-hydrogen) atoms. The Hall–Kier alpha value is -1.52. The number of aromatic nitrogens is 4. The summed E-state index contributed by atoms with van der Waals surface area (Å²) < 4.78 is 1.66. The van der Waals surface area contributed by atoms with E-state index >= 15 is 0 Å². The van der Waals surface area contributed by atoms with Crippen LogP contribution in [0, 0.1) is 41.4 Å². The van der Waals surface area contributed by atoms with Gasteiger partial charge in [0.15, 0.2) is 5.78 Å². The minimum absolute atomic E-state index is 0.0966. The van der Waals surface area contributed by atoms with Crippen LogP contribution in [0.15, 0.2) is 11.6 Å². The Bertz CT molecular complexity index is 799. The number of aryl methyl sites for hydroxylation is 1. The number of allylic oxidation sites excluding steroid dienone is 2. The molecule has 1 aromatic rings. The van der Waals surface area contributed by atoms with Gasteiger partial charge in [-0.25, -0.2) is 4.68 Å². The van der Waals surface area contributed by atoms with E-state index in [1.165, 1.54) is 38.5 Å². The number of carbonyl (C=O) groups excluding carboxylic acids is 1. The van der Waals surface area contributed by atoms with Crippen LogP contribution in [0.3, 0.4) is 0 Å². The molecule has 2 saturated carbocycles. The van der Waals surface area contributed by atoms with Gasteiger partial charge in [0.25, 0.3) is 0 Å². The maximum absolute atomic E-state index is 13.3. The first kappa shape index (κ1) is 20.7. The van der Waals surface area contributed by atoms with Gasteiger partial charge in [-0.3, -0.25) is 4.79 Å². The lowest BCUT2D eigenvalue weighted by Gasteiger charge is -2.54. The molecule has 3 aliphatic carbocycles. The minimum Gasteiger partial charge on any atom is -0.297 e. The Morgan fingerprint density at radius 3 is 2.66 bits per heavy atom. The van der Waals surface area contributed by atoms with Crippen molar-refractivity contribution in [2.45, 2.75) is 92.5 Å². The molecule has 6 atom stereocenters. The quantitative estimate of drug-likeness (QED) is 0.621. The summed E-state index contributed by atoms with van der Waals surface area (Å²) >= 11 is 0. The molecule has 0 radical (unpaired) electrons. The second-order valence-corrected chi connectivity index (χ2v) is 10.4. The Balaban J connectivity index is 1.60. The first-order valence-corrected chi connectivity index (χ1v) is 11.8. The lowest BCUT2D eigenvalue weighted by molar-refractivity contribution is -0.127. The van der Waals surface area contributed by atoms with Gasteiger partial charge in [-0.15, -0.1) is 5.10 Å². The van der Waals surface area contributed by atoms with E-state index in [9.17, 15) is 4.79 Å². The second-order valence-electron chi connectivity index (χ2n) is 10.4. The Labute approximate surface area is 175 Å². The van der Waals surface area contributed by atoms with Crippen molar-refractivity contribution >= 4 is 5.78 Å². The number of hydrogen-bond donors (Lipinski definition) is 0. The summed E-state index contributed by atoms with van der Waals surface area (Å²) in [5.74, 6) is 3.32. The number of Topliss-reactive ketones (excluding diaryl/α,β-unsaturated/α-hetero) is 1. The highest BCUT2D eigenvalue weighted by molar-refractivity contribution is 5.82. The van der Waals surface area contributed by atoms with Crippen LogP contribution in [0.4, 0.5) is 0 Å². The number of nitrogens with zero attached hydrogens (tertiary/aromatic N) is 4. The number of fused-ring (bicyclic) bond motifs is 3. The molecular weight excluding hydrogens is 360 g/mol. The maximum atomic E-state index is 13.3. The molecule has 0 saturated heterocycles. The molecule has 6 unspecified atom stereocenters. The molecular formula is C24H38N4O. The van der Waals surface area contributed by atoms with E-state index in [4.69, 9.17) is 0 Å². The molecule has 0 N–H and O–H groups in total. The molecule has 1 aromatic heterocycles. The molecule has 2 fully saturated rings. The fraction of sp³-hybridized carbons (Fsp3) is 0.833. The average Bonchev–Trinajstić information content (AvgIpc) is 3.25. The zero-order valence-corrected chi connectivity index (χ0v) is 18.9. The fourth-order valence-corrected chi connectivity index (χ4v) is 7.57. The Morgan fingerprint density at radius 1 is 1.21 bits per heavy atom. The van der Waals surface area contributed by atoms with E-state index in [-0.39, 0.29) is 11.3 Å². The number of ketones is 1. The van der Waals surface area contributed by atoms with Crippen molar-refractivity contribution < 1.29 is 4.79 Å². The van der Waals surface area contributed by atoms with Crippen molar-refractivity contribution in [2.24, 2.45) is 34.5 Å². The summed E-state index contributed by atoms with van der Waals surface area (Å²) in [6.07, 6.45) is 12.4. The molecule has 0 spiro atoms. The van der Waals surface area contributed by atoms with Gasteiger partial charge in [0.2, 0.25) is 0 Å². The standard InChI is InChI=1S/C24H38N4O/c1-6-13-23(4)17(7-2)8-9-18-19-10-11-21(24(19,5)14-12-20(18)23)22(29)15-28-16(3)25-26-27-28/h12,17-19,21H,6-11,13-15H2,1-5H3. The predicted molar refractivity (Wildman–Crippen MR) is 114 cm³/mol. The van der Waals surface area contributed by atoms with E-state index in [0.29, 0.717) is 29.6 Å². The smallest absolute Gasteiger partial charge is 0.158 e. The molecule has 0 bridgehead atoms. The third kappa shape index (κ3) is 3.19. The summed E-state index contributed by atoms with van der Waals surface area (Å²) in [6, 6.07) is 0. The zero-order chi connectivity index (χ0) is 20.8. The van der Waals surface area contributed by atoms with Gasteiger partial charge in [0.05, 0.1) is 0 Å². The summed E-state index contributed by atoms with van der Waals surface area (Å²) in [4.78, 5) is 13.3. The summed E-state index contributed by atoms with van der Waals surface area (Å²) in [5, 5.41) is 11.6. The summed E-state index contributed by atoms with van der Waals surface area (Å²) in [7, 11) is 0. The van der Waals surface area contributed by atoms with Crippen molar-refractivity contribution in [3.63, 3.8) is 0 Å². The number of rotatable bonds is 6. The van der Waals surface area contributed by atoms with Crippen LogP contribution in [0.1, 0.15) is 84.9 Å². The van der Waals surface area contributed by atoms with Crippen LogP contribution in [0.25, 0.3) is 0 Å². The van der Waals surface area contributed by atoms with E-state index < -0.39 is 0 Å². The highest BCUT2D eigenvalue weighted by atomic mass is 16.1. The van der Waals surface area contributed by atoms with Crippen LogP contribution >= 0.6 is 0 Å². The van der Waals surface area contributed by atoms with Crippen molar-refractivity contribution in [3.05, 3.63) is 17.5 Å². The highest BCUT2D eigenvalue weighted by Gasteiger charge is 2.57.